The lowest BCUT2D eigenvalue weighted by Gasteiger charge is -2.08. The third kappa shape index (κ3) is 3.75. The van der Waals surface area contributed by atoms with Gasteiger partial charge in [-0.05, 0) is 42.8 Å². The Morgan fingerprint density at radius 2 is 1.95 bits per heavy atom. The van der Waals surface area contributed by atoms with E-state index in [1.54, 1.807) is 13.0 Å². The van der Waals surface area contributed by atoms with E-state index >= 15 is 0 Å². The van der Waals surface area contributed by atoms with Crippen molar-refractivity contribution < 1.29 is 23.1 Å². The number of pyridine rings is 1. The monoisotopic (exact) mass is 313 g/mol. The minimum Gasteiger partial charge on any atom is -0.478 e. The zero-order valence-electron chi connectivity index (χ0n) is 10.8. The third-order valence-corrected chi connectivity index (χ3v) is 3.83. The van der Waals surface area contributed by atoms with Crippen molar-refractivity contribution in [2.45, 2.75) is 23.0 Å². The summed E-state index contributed by atoms with van der Waals surface area (Å²) in [5.41, 5.74) is 0.0867. The number of aromatic nitrogens is 1. The minimum absolute atomic E-state index is 0.164. The number of hydrogen-bond acceptors (Lipinski definition) is 3. The Hall–Kier alpha value is -2.02. The number of aryl methyl sites for hydroxylation is 1. The molecule has 0 spiro atoms. The highest BCUT2D eigenvalue weighted by molar-refractivity contribution is 7.99. The number of alkyl halides is 3. The van der Waals surface area contributed by atoms with Gasteiger partial charge in [-0.25, -0.2) is 9.78 Å². The van der Waals surface area contributed by atoms with E-state index in [4.69, 9.17) is 5.11 Å². The van der Waals surface area contributed by atoms with Crippen molar-refractivity contribution in [2.24, 2.45) is 0 Å². The van der Waals surface area contributed by atoms with Gasteiger partial charge in [0.15, 0.2) is 0 Å². The van der Waals surface area contributed by atoms with Gasteiger partial charge in [0.1, 0.15) is 5.03 Å². The standard InChI is InChI=1S/C14H10F3NO2S/c1-8-6-9(13(19)20)2-4-11(8)21-12-5-3-10(7-18-12)14(15,16)17/h2-7H,1H3,(H,19,20). The lowest BCUT2D eigenvalue weighted by Crippen LogP contribution is -2.05. The zero-order chi connectivity index (χ0) is 15.6. The second-order valence-corrected chi connectivity index (χ2v) is 5.33. The van der Waals surface area contributed by atoms with Gasteiger partial charge >= 0.3 is 12.1 Å². The summed E-state index contributed by atoms with van der Waals surface area (Å²) in [7, 11) is 0. The molecule has 0 amide bonds. The first-order chi connectivity index (χ1) is 9.77. The van der Waals surface area contributed by atoms with Crippen LogP contribution in [0.2, 0.25) is 0 Å². The molecule has 1 N–H and O–H groups in total. The topological polar surface area (TPSA) is 50.2 Å². The van der Waals surface area contributed by atoms with Crippen LogP contribution in [0.15, 0.2) is 46.5 Å². The summed E-state index contributed by atoms with van der Waals surface area (Å²) < 4.78 is 37.3. The number of carboxylic acid groups (broad SMARTS) is 1. The highest BCUT2D eigenvalue weighted by atomic mass is 32.2. The number of benzene rings is 1. The van der Waals surface area contributed by atoms with Gasteiger partial charge in [0, 0.05) is 11.1 Å². The average Bonchev–Trinajstić information content (AvgIpc) is 2.40. The number of aromatic carboxylic acids is 1. The smallest absolute Gasteiger partial charge is 0.417 e. The maximum atomic E-state index is 12.4. The lowest BCUT2D eigenvalue weighted by molar-refractivity contribution is -0.137. The van der Waals surface area contributed by atoms with E-state index in [1.807, 2.05) is 0 Å². The molecule has 1 aromatic heterocycles. The molecule has 0 unspecified atom stereocenters. The molecule has 21 heavy (non-hydrogen) atoms. The van der Waals surface area contributed by atoms with E-state index in [2.05, 4.69) is 4.98 Å². The van der Waals surface area contributed by atoms with Crippen molar-refractivity contribution in [2.75, 3.05) is 0 Å². The van der Waals surface area contributed by atoms with Gasteiger partial charge in [-0.15, -0.1) is 0 Å². The molecule has 2 aromatic rings. The van der Waals surface area contributed by atoms with E-state index in [0.29, 0.717) is 5.03 Å². The molecule has 2 rings (SSSR count). The molecule has 110 valence electrons. The number of rotatable bonds is 3. The second kappa shape index (κ2) is 5.77. The SMILES string of the molecule is Cc1cc(C(=O)O)ccc1Sc1ccc(C(F)(F)F)cn1. The van der Waals surface area contributed by atoms with Gasteiger partial charge in [-0.1, -0.05) is 11.8 Å². The molecular weight excluding hydrogens is 303 g/mol. The van der Waals surface area contributed by atoms with Crippen molar-refractivity contribution in [3.05, 3.63) is 53.2 Å². The van der Waals surface area contributed by atoms with E-state index in [0.717, 1.165) is 22.7 Å². The first kappa shape index (κ1) is 15.4. The molecule has 1 heterocycles. The van der Waals surface area contributed by atoms with Crippen LogP contribution in [-0.2, 0) is 6.18 Å². The lowest BCUT2D eigenvalue weighted by atomic mass is 10.1. The van der Waals surface area contributed by atoms with E-state index in [1.165, 1.54) is 30.0 Å². The molecule has 0 aliphatic heterocycles. The Balaban J connectivity index is 2.20. The molecular formula is C14H10F3NO2S. The molecule has 1 aromatic carbocycles. The summed E-state index contributed by atoms with van der Waals surface area (Å²) in [5.74, 6) is -1.03. The number of carbonyl (C=O) groups is 1. The van der Waals surface area contributed by atoms with E-state index in [-0.39, 0.29) is 5.56 Å². The maximum absolute atomic E-state index is 12.4. The van der Waals surface area contributed by atoms with Gasteiger partial charge in [-0.2, -0.15) is 13.2 Å². The Bertz CT molecular complexity index is 669. The Morgan fingerprint density at radius 1 is 1.24 bits per heavy atom. The van der Waals surface area contributed by atoms with Crippen LogP contribution in [0.3, 0.4) is 0 Å². The largest absolute Gasteiger partial charge is 0.478 e. The number of halogens is 3. The fraction of sp³-hybridized carbons (Fsp3) is 0.143. The summed E-state index contributed by atoms with van der Waals surface area (Å²) in [6, 6.07) is 6.83. The maximum Gasteiger partial charge on any atom is 0.417 e. The van der Waals surface area contributed by atoms with Gasteiger partial charge in [0.2, 0.25) is 0 Å². The van der Waals surface area contributed by atoms with Crippen LogP contribution in [0.5, 0.6) is 0 Å². The summed E-state index contributed by atoms with van der Waals surface area (Å²) in [4.78, 5) is 15.3. The third-order valence-electron chi connectivity index (χ3n) is 2.70. The highest BCUT2D eigenvalue weighted by Gasteiger charge is 2.30. The predicted octanol–water partition coefficient (Wildman–Crippen LogP) is 4.26. The van der Waals surface area contributed by atoms with Crippen molar-refractivity contribution in [3.8, 4) is 0 Å². The molecule has 0 radical (unpaired) electrons. The molecule has 0 fully saturated rings. The molecule has 7 heteroatoms. The van der Waals surface area contributed by atoms with Crippen LogP contribution in [0, 0.1) is 6.92 Å². The van der Waals surface area contributed by atoms with Crippen molar-refractivity contribution >= 4 is 17.7 Å². The number of hydrogen-bond donors (Lipinski definition) is 1. The van der Waals surface area contributed by atoms with Crippen LogP contribution in [0.1, 0.15) is 21.5 Å². The zero-order valence-corrected chi connectivity index (χ0v) is 11.6. The number of carboxylic acids is 1. The van der Waals surface area contributed by atoms with Gasteiger partial charge in [-0.3, -0.25) is 0 Å². The molecule has 0 aliphatic rings. The number of nitrogens with zero attached hydrogens (tertiary/aromatic N) is 1. The average molecular weight is 313 g/mol. The Kier molecular flexibility index (Phi) is 4.22. The van der Waals surface area contributed by atoms with Crippen molar-refractivity contribution in [1.82, 2.24) is 4.98 Å². The fourth-order valence-corrected chi connectivity index (χ4v) is 2.44. The normalized spacial score (nSPS) is 11.4. The van der Waals surface area contributed by atoms with Crippen LogP contribution in [0.25, 0.3) is 0 Å². The van der Waals surface area contributed by atoms with Crippen LogP contribution in [0.4, 0.5) is 13.2 Å². The Labute approximate surface area is 122 Å². The van der Waals surface area contributed by atoms with Crippen LogP contribution >= 0.6 is 11.8 Å². The molecule has 0 saturated heterocycles. The Morgan fingerprint density at radius 3 is 2.43 bits per heavy atom. The van der Waals surface area contributed by atoms with Crippen molar-refractivity contribution in [3.63, 3.8) is 0 Å². The first-order valence-corrected chi connectivity index (χ1v) is 6.64. The summed E-state index contributed by atoms with van der Waals surface area (Å²) in [6.45, 7) is 1.73. The summed E-state index contributed by atoms with van der Waals surface area (Å²) in [6.07, 6.45) is -3.63. The van der Waals surface area contributed by atoms with Crippen LogP contribution < -0.4 is 0 Å². The molecule has 0 aliphatic carbocycles. The minimum atomic E-state index is -4.41. The van der Waals surface area contributed by atoms with Crippen LogP contribution in [-0.4, -0.2) is 16.1 Å². The first-order valence-electron chi connectivity index (χ1n) is 5.82. The molecule has 0 atom stereocenters. The fourth-order valence-electron chi connectivity index (χ4n) is 1.62. The molecule has 3 nitrogen and oxygen atoms in total. The summed E-state index contributed by atoms with van der Waals surface area (Å²) in [5, 5.41) is 9.28. The van der Waals surface area contributed by atoms with Gasteiger partial charge in [0.05, 0.1) is 11.1 Å². The van der Waals surface area contributed by atoms with E-state index in [9.17, 15) is 18.0 Å². The predicted molar refractivity (Wildman–Crippen MR) is 71.5 cm³/mol. The van der Waals surface area contributed by atoms with Crippen molar-refractivity contribution in [1.29, 1.82) is 0 Å². The highest BCUT2D eigenvalue weighted by Crippen LogP contribution is 2.32. The van der Waals surface area contributed by atoms with Gasteiger partial charge in [0.25, 0.3) is 0 Å². The van der Waals surface area contributed by atoms with E-state index < -0.39 is 17.7 Å². The second-order valence-electron chi connectivity index (χ2n) is 4.27. The molecule has 0 saturated carbocycles. The van der Waals surface area contributed by atoms with Gasteiger partial charge < -0.3 is 5.11 Å². The quantitative estimate of drug-likeness (QED) is 0.920. The molecule has 0 bridgehead atoms. The summed E-state index contributed by atoms with van der Waals surface area (Å²) >= 11 is 1.18.